The zero-order valence-electron chi connectivity index (χ0n) is 16.9. The standard InChI is InChI=1S/C21H39N3/c1-7-16(4)22-13-19-10-20(14-23-17(5)8-2)12-21(11-19)15-24-18(6)9-3/h19-21H,7-15H2,1-6H3. The van der Waals surface area contributed by atoms with Crippen molar-refractivity contribution >= 4 is 17.1 Å². The Labute approximate surface area is 150 Å². The molecule has 24 heavy (non-hydrogen) atoms. The fraction of sp³-hybridized carbons (Fsp3) is 0.857. The fourth-order valence-corrected chi connectivity index (χ4v) is 3.34. The molecular weight excluding hydrogens is 294 g/mol. The van der Waals surface area contributed by atoms with Crippen molar-refractivity contribution in [1.29, 1.82) is 0 Å². The van der Waals surface area contributed by atoms with Crippen molar-refractivity contribution in [3.63, 3.8) is 0 Å². The van der Waals surface area contributed by atoms with Gasteiger partial charge < -0.3 is 0 Å². The first-order valence-electron chi connectivity index (χ1n) is 9.98. The van der Waals surface area contributed by atoms with Gasteiger partial charge in [-0.15, -0.1) is 0 Å². The van der Waals surface area contributed by atoms with Crippen molar-refractivity contribution in [3.8, 4) is 0 Å². The molecule has 1 aliphatic rings. The van der Waals surface area contributed by atoms with Crippen LogP contribution < -0.4 is 0 Å². The van der Waals surface area contributed by atoms with Crippen LogP contribution in [-0.2, 0) is 0 Å². The first-order chi connectivity index (χ1) is 11.5. The maximum Gasteiger partial charge on any atom is 0.0417 e. The minimum atomic E-state index is 0.713. The van der Waals surface area contributed by atoms with Crippen LogP contribution >= 0.6 is 0 Å². The third kappa shape index (κ3) is 8.21. The predicted octanol–water partition coefficient (Wildman–Crippen LogP) is 5.63. The molecule has 0 aromatic carbocycles. The average Bonchev–Trinajstić information content (AvgIpc) is 2.61. The molecule has 1 saturated carbocycles. The smallest absolute Gasteiger partial charge is 0.0417 e. The molecule has 0 aromatic heterocycles. The number of hydrogen-bond acceptors (Lipinski definition) is 3. The van der Waals surface area contributed by atoms with Crippen LogP contribution in [0.3, 0.4) is 0 Å². The topological polar surface area (TPSA) is 37.1 Å². The molecule has 0 spiro atoms. The Bertz CT molecular complexity index is 375. The number of aliphatic imine (C=N–C) groups is 3. The van der Waals surface area contributed by atoms with E-state index in [0.717, 1.165) is 38.9 Å². The van der Waals surface area contributed by atoms with Gasteiger partial charge in [0.25, 0.3) is 0 Å². The average molecular weight is 334 g/mol. The van der Waals surface area contributed by atoms with E-state index in [4.69, 9.17) is 15.0 Å². The highest BCUT2D eigenvalue weighted by molar-refractivity contribution is 5.82. The third-order valence-corrected chi connectivity index (χ3v) is 5.39. The molecule has 0 atom stereocenters. The molecule has 3 nitrogen and oxygen atoms in total. The van der Waals surface area contributed by atoms with Crippen LogP contribution in [0.2, 0.25) is 0 Å². The van der Waals surface area contributed by atoms with Crippen LogP contribution in [0.5, 0.6) is 0 Å². The summed E-state index contributed by atoms with van der Waals surface area (Å²) in [6, 6.07) is 0. The van der Waals surface area contributed by atoms with Gasteiger partial charge in [-0.2, -0.15) is 0 Å². The summed E-state index contributed by atoms with van der Waals surface area (Å²) in [5, 5.41) is 0. The van der Waals surface area contributed by atoms with Gasteiger partial charge in [-0.05, 0) is 77.0 Å². The van der Waals surface area contributed by atoms with E-state index in [9.17, 15) is 0 Å². The van der Waals surface area contributed by atoms with E-state index < -0.39 is 0 Å². The molecule has 1 rings (SSSR count). The zero-order chi connectivity index (χ0) is 17.9. The molecule has 0 N–H and O–H groups in total. The van der Waals surface area contributed by atoms with Gasteiger partial charge in [0.15, 0.2) is 0 Å². The molecule has 0 amide bonds. The molecule has 0 bridgehead atoms. The molecule has 1 aliphatic carbocycles. The summed E-state index contributed by atoms with van der Waals surface area (Å²) in [5.41, 5.74) is 3.86. The van der Waals surface area contributed by atoms with Crippen LogP contribution in [0.25, 0.3) is 0 Å². The maximum atomic E-state index is 4.80. The summed E-state index contributed by atoms with van der Waals surface area (Å²) >= 11 is 0. The van der Waals surface area contributed by atoms with E-state index in [2.05, 4.69) is 41.5 Å². The van der Waals surface area contributed by atoms with Crippen LogP contribution in [-0.4, -0.2) is 36.8 Å². The minimum Gasteiger partial charge on any atom is -0.294 e. The van der Waals surface area contributed by atoms with Crippen molar-refractivity contribution in [2.75, 3.05) is 19.6 Å². The Morgan fingerprint density at radius 1 is 0.583 bits per heavy atom. The zero-order valence-corrected chi connectivity index (χ0v) is 16.9. The van der Waals surface area contributed by atoms with Gasteiger partial charge in [0.1, 0.15) is 0 Å². The third-order valence-electron chi connectivity index (χ3n) is 5.39. The minimum absolute atomic E-state index is 0.713. The van der Waals surface area contributed by atoms with Gasteiger partial charge in [-0.1, -0.05) is 20.8 Å². The highest BCUT2D eigenvalue weighted by atomic mass is 14.8. The van der Waals surface area contributed by atoms with Gasteiger partial charge >= 0.3 is 0 Å². The van der Waals surface area contributed by atoms with E-state index in [-0.39, 0.29) is 0 Å². The molecule has 0 aliphatic heterocycles. The Balaban J connectivity index is 2.70. The van der Waals surface area contributed by atoms with Gasteiger partial charge in [0.05, 0.1) is 0 Å². The Hall–Kier alpha value is -0.990. The first kappa shape index (κ1) is 21.1. The van der Waals surface area contributed by atoms with Crippen molar-refractivity contribution in [2.24, 2.45) is 32.7 Å². The Kier molecular flexibility index (Phi) is 10.1. The molecule has 0 aromatic rings. The van der Waals surface area contributed by atoms with Gasteiger partial charge in [0.2, 0.25) is 0 Å². The molecule has 0 radical (unpaired) electrons. The summed E-state index contributed by atoms with van der Waals surface area (Å²) in [6.45, 7) is 16.0. The largest absolute Gasteiger partial charge is 0.294 e. The van der Waals surface area contributed by atoms with Gasteiger partial charge in [-0.3, -0.25) is 15.0 Å². The lowest BCUT2D eigenvalue weighted by Gasteiger charge is -2.33. The first-order valence-corrected chi connectivity index (χ1v) is 9.98. The predicted molar refractivity (Wildman–Crippen MR) is 109 cm³/mol. The van der Waals surface area contributed by atoms with Crippen LogP contribution in [0.4, 0.5) is 0 Å². The SMILES string of the molecule is CCC(C)=NCC1CC(CN=C(C)CC)CC(CN=C(C)CC)C1. The normalized spacial score (nSPS) is 26.8. The monoisotopic (exact) mass is 333 g/mol. The molecule has 0 heterocycles. The van der Waals surface area contributed by atoms with Crippen LogP contribution in [0, 0.1) is 17.8 Å². The lowest BCUT2D eigenvalue weighted by atomic mass is 9.75. The second-order valence-electron chi connectivity index (χ2n) is 7.59. The second-order valence-corrected chi connectivity index (χ2v) is 7.59. The quantitative estimate of drug-likeness (QED) is 0.490. The van der Waals surface area contributed by atoms with E-state index >= 15 is 0 Å². The Morgan fingerprint density at radius 2 is 0.833 bits per heavy atom. The lowest BCUT2D eigenvalue weighted by molar-refractivity contribution is 0.208. The van der Waals surface area contributed by atoms with E-state index in [0.29, 0.717) is 17.8 Å². The molecule has 3 heteroatoms. The molecular formula is C21H39N3. The van der Waals surface area contributed by atoms with Gasteiger partial charge in [0, 0.05) is 36.8 Å². The fourth-order valence-electron chi connectivity index (χ4n) is 3.34. The van der Waals surface area contributed by atoms with Crippen molar-refractivity contribution in [3.05, 3.63) is 0 Å². The van der Waals surface area contributed by atoms with Crippen molar-refractivity contribution in [2.45, 2.75) is 80.1 Å². The molecule has 1 fully saturated rings. The second kappa shape index (κ2) is 11.5. The summed E-state index contributed by atoms with van der Waals surface area (Å²) < 4.78 is 0. The van der Waals surface area contributed by atoms with Crippen LogP contribution in [0.15, 0.2) is 15.0 Å². The summed E-state index contributed by atoms with van der Waals surface area (Å²) in [5.74, 6) is 2.14. The summed E-state index contributed by atoms with van der Waals surface area (Å²) in [7, 11) is 0. The summed E-state index contributed by atoms with van der Waals surface area (Å²) in [6.07, 6.45) is 7.06. The highest BCUT2D eigenvalue weighted by Crippen LogP contribution is 2.34. The number of hydrogen-bond donors (Lipinski definition) is 0. The number of rotatable bonds is 9. The van der Waals surface area contributed by atoms with Gasteiger partial charge in [-0.25, -0.2) is 0 Å². The number of nitrogens with zero attached hydrogens (tertiary/aromatic N) is 3. The summed E-state index contributed by atoms with van der Waals surface area (Å²) in [4.78, 5) is 14.4. The van der Waals surface area contributed by atoms with Crippen molar-refractivity contribution in [1.82, 2.24) is 0 Å². The van der Waals surface area contributed by atoms with Crippen LogP contribution in [0.1, 0.15) is 80.1 Å². The molecule has 0 unspecified atom stereocenters. The lowest BCUT2D eigenvalue weighted by Crippen LogP contribution is -2.28. The maximum absolute atomic E-state index is 4.80. The molecule has 138 valence electrons. The van der Waals surface area contributed by atoms with E-state index in [1.165, 1.54) is 36.4 Å². The van der Waals surface area contributed by atoms with E-state index in [1.54, 1.807) is 0 Å². The Morgan fingerprint density at radius 3 is 1.04 bits per heavy atom. The van der Waals surface area contributed by atoms with Crippen molar-refractivity contribution < 1.29 is 0 Å². The van der Waals surface area contributed by atoms with E-state index in [1.807, 2.05) is 0 Å². The highest BCUT2D eigenvalue weighted by Gasteiger charge is 2.28. The molecule has 0 saturated heterocycles.